The molecule has 0 heterocycles. The molecule has 0 fully saturated rings. The van der Waals surface area contributed by atoms with Gasteiger partial charge in [0.2, 0.25) is 0 Å². The number of nitrogens with zero attached hydrogens (tertiary/aromatic N) is 1. The Bertz CT molecular complexity index is 571. The molecule has 2 aromatic carbocycles. The van der Waals surface area contributed by atoms with E-state index in [0.717, 1.165) is 11.3 Å². The zero-order chi connectivity index (χ0) is 14.4. The van der Waals surface area contributed by atoms with Crippen LogP contribution < -0.4 is 0 Å². The number of benzene rings is 2. The smallest absolute Gasteiger partial charge is 0.140 e. The maximum atomic E-state index is 8.64. The highest BCUT2D eigenvalue weighted by molar-refractivity contribution is 5.98. The molecule has 0 spiro atoms. The Labute approximate surface area is 119 Å². The number of aliphatic hydroxyl groups excluding tert-OH is 1. The summed E-state index contributed by atoms with van der Waals surface area (Å²) in [4.78, 5) is 4.97. The van der Waals surface area contributed by atoms with Crippen LogP contribution in [0.15, 0.2) is 53.7 Å². The van der Waals surface area contributed by atoms with E-state index in [9.17, 15) is 0 Å². The predicted molar refractivity (Wildman–Crippen MR) is 81.9 cm³/mol. The molecular formula is C17H19NO2. The highest BCUT2D eigenvalue weighted by Crippen LogP contribution is 2.20. The first-order valence-electron chi connectivity index (χ1n) is 6.65. The number of rotatable bonds is 5. The second-order valence-electron chi connectivity index (χ2n) is 4.68. The van der Waals surface area contributed by atoms with Crippen LogP contribution >= 0.6 is 0 Å². The van der Waals surface area contributed by atoms with Gasteiger partial charge in [-0.25, -0.2) is 0 Å². The molecular weight excluding hydrogens is 250 g/mol. The van der Waals surface area contributed by atoms with Crippen LogP contribution in [0.25, 0.3) is 11.1 Å². The number of aryl methyl sites for hydroxylation is 1. The Hall–Kier alpha value is -2.13. The van der Waals surface area contributed by atoms with Gasteiger partial charge in [-0.05, 0) is 30.5 Å². The van der Waals surface area contributed by atoms with Crippen molar-refractivity contribution in [2.75, 3.05) is 13.2 Å². The Morgan fingerprint density at radius 1 is 1.00 bits per heavy atom. The van der Waals surface area contributed by atoms with Gasteiger partial charge in [0, 0.05) is 0 Å². The third kappa shape index (κ3) is 3.68. The van der Waals surface area contributed by atoms with Crippen molar-refractivity contribution in [2.45, 2.75) is 13.8 Å². The molecule has 0 saturated heterocycles. The first-order valence-corrected chi connectivity index (χ1v) is 6.65. The number of hydrogen-bond acceptors (Lipinski definition) is 3. The van der Waals surface area contributed by atoms with Crippen LogP contribution in [0, 0.1) is 6.92 Å². The molecule has 0 aromatic heterocycles. The Kier molecular flexibility index (Phi) is 4.91. The van der Waals surface area contributed by atoms with Crippen molar-refractivity contribution >= 4 is 5.71 Å². The van der Waals surface area contributed by atoms with Gasteiger partial charge in [0.25, 0.3) is 0 Å². The van der Waals surface area contributed by atoms with Crippen molar-refractivity contribution in [2.24, 2.45) is 5.16 Å². The summed E-state index contributed by atoms with van der Waals surface area (Å²) in [6, 6.07) is 16.7. The van der Waals surface area contributed by atoms with Crippen LogP contribution in [0.2, 0.25) is 0 Å². The molecule has 0 atom stereocenters. The van der Waals surface area contributed by atoms with Gasteiger partial charge in [0.15, 0.2) is 0 Å². The zero-order valence-electron chi connectivity index (χ0n) is 11.8. The fraction of sp³-hybridized carbons (Fsp3) is 0.235. The van der Waals surface area contributed by atoms with E-state index in [-0.39, 0.29) is 13.2 Å². The minimum atomic E-state index is -0.0247. The molecule has 0 amide bonds. The zero-order valence-corrected chi connectivity index (χ0v) is 11.8. The minimum Gasteiger partial charge on any atom is -0.393 e. The minimum absolute atomic E-state index is 0.0247. The topological polar surface area (TPSA) is 41.8 Å². The average molecular weight is 269 g/mol. The summed E-state index contributed by atoms with van der Waals surface area (Å²) < 4.78 is 0. The molecule has 0 bridgehead atoms. The summed E-state index contributed by atoms with van der Waals surface area (Å²) in [7, 11) is 0. The van der Waals surface area contributed by atoms with Crippen molar-refractivity contribution in [3.63, 3.8) is 0 Å². The quantitative estimate of drug-likeness (QED) is 0.513. The largest absolute Gasteiger partial charge is 0.393 e. The molecule has 2 aromatic rings. The SMILES string of the molecule is C/C(=N/OCCO)c1ccc(-c2ccc(C)cc2)cc1. The molecule has 0 saturated carbocycles. The number of oxime groups is 1. The van der Waals surface area contributed by atoms with Gasteiger partial charge in [0.1, 0.15) is 6.61 Å². The van der Waals surface area contributed by atoms with Crippen molar-refractivity contribution in [3.8, 4) is 11.1 Å². The number of hydrogen-bond donors (Lipinski definition) is 1. The molecule has 0 aliphatic rings. The second kappa shape index (κ2) is 6.87. The van der Waals surface area contributed by atoms with E-state index >= 15 is 0 Å². The van der Waals surface area contributed by atoms with Gasteiger partial charge >= 0.3 is 0 Å². The van der Waals surface area contributed by atoms with Crippen LogP contribution in [0.4, 0.5) is 0 Å². The van der Waals surface area contributed by atoms with Crippen molar-refractivity contribution < 1.29 is 9.94 Å². The lowest BCUT2D eigenvalue weighted by Crippen LogP contribution is -1.99. The molecule has 0 unspecified atom stereocenters. The van der Waals surface area contributed by atoms with Gasteiger partial charge in [0.05, 0.1) is 12.3 Å². The monoisotopic (exact) mass is 269 g/mol. The van der Waals surface area contributed by atoms with Crippen LogP contribution in [0.1, 0.15) is 18.1 Å². The summed E-state index contributed by atoms with van der Waals surface area (Å²) in [5.41, 5.74) is 5.45. The van der Waals surface area contributed by atoms with Gasteiger partial charge in [-0.2, -0.15) is 0 Å². The Morgan fingerprint density at radius 2 is 1.55 bits per heavy atom. The highest BCUT2D eigenvalue weighted by Gasteiger charge is 2.01. The summed E-state index contributed by atoms with van der Waals surface area (Å²) in [5.74, 6) is 0. The third-order valence-electron chi connectivity index (χ3n) is 3.07. The van der Waals surface area contributed by atoms with E-state index in [1.807, 2.05) is 19.1 Å². The molecule has 0 aliphatic heterocycles. The molecule has 0 aliphatic carbocycles. The van der Waals surface area contributed by atoms with Gasteiger partial charge < -0.3 is 9.94 Å². The molecule has 104 valence electrons. The molecule has 3 nitrogen and oxygen atoms in total. The lowest BCUT2D eigenvalue weighted by molar-refractivity contribution is 0.0986. The normalized spacial score (nSPS) is 11.4. The van der Waals surface area contributed by atoms with Gasteiger partial charge in [-0.3, -0.25) is 0 Å². The van der Waals surface area contributed by atoms with E-state index in [1.165, 1.54) is 16.7 Å². The van der Waals surface area contributed by atoms with Gasteiger partial charge in [-0.15, -0.1) is 0 Å². The Balaban J connectivity index is 2.13. The highest BCUT2D eigenvalue weighted by atomic mass is 16.6. The summed E-state index contributed by atoms with van der Waals surface area (Å²) in [6.07, 6.45) is 0. The maximum absolute atomic E-state index is 8.64. The summed E-state index contributed by atoms with van der Waals surface area (Å²) in [6.45, 7) is 4.17. The van der Waals surface area contributed by atoms with E-state index < -0.39 is 0 Å². The third-order valence-corrected chi connectivity index (χ3v) is 3.07. The molecule has 3 heteroatoms. The fourth-order valence-corrected chi connectivity index (χ4v) is 1.89. The van der Waals surface area contributed by atoms with E-state index in [0.29, 0.717) is 0 Å². The van der Waals surface area contributed by atoms with Gasteiger partial charge in [-0.1, -0.05) is 59.3 Å². The second-order valence-corrected chi connectivity index (χ2v) is 4.68. The molecule has 20 heavy (non-hydrogen) atoms. The Morgan fingerprint density at radius 3 is 2.10 bits per heavy atom. The fourth-order valence-electron chi connectivity index (χ4n) is 1.89. The van der Waals surface area contributed by atoms with Crippen molar-refractivity contribution in [1.29, 1.82) is 0 Å². The van der Waals surface area contributed by atoms with Crippen LogP contribution in [0.3, 0.4) is 0 Å². The van der Waals surface area contributed by atoms with E-state index in [1.54, 1.807) is 0 Å². The standard InChI is InChI=1S/C17H19NO2/c1-13-3-5-16(6-4-13)17-9-7-15(8-10-17)14(2)18-20-12-11-19/h3-10,19H,11-12H2,1-2H3/b18-14-. The predicted octanol–water partition coefficient (Wildman–Crippen LogP) is 3.39. The van der Waals surface area contributed by atoms with Crippen LogP contribution in [-0.4, -0.2) is 24.0 Å². The lowest BCUT2D eigenvalue weighted by Gasteiger charge is -2.05. The first-order chi connectivity index (χ1) is 9.70. The van der Waals surface area contributed by atoms with Crippen molar-refractivity contribution in [3.05, 3.63) is 59.7 Å². The molecule has 2 rings (SSSR count). The van der Waals surface area contributed by atoms with Crippen molar-refractivity contribution in [1.82, 2.24) is 0 Å². The lowest BCUT2D eigenvalue weighted by atomic mass is 10.0. The number of aliphatic hydroxyl groups is 1. The van der Waals surface area contributed by atoms with Crippen LogP contribution in [-0.2, 0) is 4.84 Å². The average Bonchev–Trinajstić information content (AvgIpc) is 2.48. The van der Waals surface area contributed by atoms with E-state index in [4.69, 9.17) is 9.94 Å². The van der Waals surface area contributed by atoms with Crippen LogP contribution in [0.5, 0.6) is 0 Å². The summed E-state index contributed by atoms with van der Waals surface area (Å²) in [5, 5.41) is 12.6. The first kappa shape index (κ1) is 14.3. The molecule has 1 N–H and O–H groups in total. The maximum Gasteiger partial charge on any atom is 0.140 e. The summed E-state index contributed by atoms with van der Waals surface area (Å²) >= 11 is 0. The molecule has 0 radical (unpaired) electrons. The van der Waals surface area contributed by atoms with E-state index in [2.05, 4.69) is 48.5 Å².